The van der Waals surface area contributed by atoms with Crippen molar-refractivity contribution in [3.05, 3.63) is 58.4 Å². The van der Waals surface area contributed by atoms with E-state index in [1.54, 1.807) is 0 Å². The van der Waals surface area contributed by atoms with E-state index in [1.165, 1.54) is 11.8 Å². The topological polar surface area (TPSA) is 99.4 Å². The van der Waals surface area contributed by atoms with Gasteiger partial charge in [0.1, 0.15) is 22.2 Å². The van der Waals surface area contributed by atoms with Gasteiger partial charge >= 0.3 is 0 Å². The van der Waals surface area contributed by atoms with Crippen LogP contribution >= 0.6 is 11.8 Å². The number of carbonyl (C=O) groups excluding carboxylic acids is 1. The molecule has 1 saturated heterocycles. The molecule has 1 fully saturated rings. The minimum Gasteiger partial charge on any atom is -0.368 e. The molecule has 2 aromatic rings. The van der Waals surface area contributed by atoms with Crippen molar-refractivity contribution in [1.82, 2.24) is 10.3 Å². The van der Waals surface area contributed by atoms with E-state index in [9.17, 15) is 10.1 Å². The fraction of sp³-hybridized carbons (Fsp3) is 0.500. The van der Waals surface area contributed by atoms with Crippen LogP contribution in [0.15, 0.2) is 35.4 Å². The summed E-state index contributed by atoms with van der Waals surface area (Å²) in [6.45, 7) is 20.0. The number of rotatable bonds is 9. The first kappa shape index (κ1) is 27.5. The quantitative estimate of drug-likeness (QED) is 0.358. The molecule has 8 heteroatoms. The Labute approximate surface area is 219 Å². The average molecular weight is 505 g/mol. The van der Waals surface area contributed by atoms with Crippen molar-refractivity contribution in [3.63, 3.8) is 0 Å². The molecule has 1 amide bonds. The summed E-state index contributed by atoms with van der Waals surface area (Å²) in [4.78, 5) is 23.3. The number of thioether (sulfide) groups is 1. The van der Waals surface area contributed by atoms with E-state index in [-0.39, 0.29) is 5.41 Å². The lowest BCUT2D eigenvalue weighted by Gasteiger charge is -2.35. The van der Waals surface area contributed by atoms with E-state index in [2.05, 4.69) is 41.9 Å². The van der Waals surface area contributed by atoms with Crippen LogP contribution in [0.3, 0.4) is 0 Å². The monoisotopic (exact) mass is 504 g/mol. The van der Waals surface area contributed by atoms with Gasteiger partial charge in [0.15, 0.2) is 0 Å². The summed E-state index contributed by atoms with van der Waals surface area (Å²) in [5.41, 5.74) is 8.24. The minimum absolute atomic E-state index is 0.220. The molecule has 1 aliphatic rings. The number of benzene rings is 1. The number of anilines is 1. The number of hydrogen-bond donors (Lipinski definition) is 2. The lowest BCUT2D eigenvalue weighted by atomic mass is 9.94. The molecule has 190 valence electrons. The third kappa shape index (κ3) is 6.78. The molecule has 1 aromatic heterocycles. The predicted octanol–water partition coefficient (Wildman–Crippen LogP) is 5.24. The normalized spacial score (nSPS) is 16.7. The standard InChI is InChI=1S/C28H36N6OS/c1-6-21-22(15-29)27(36-24(25(30)35)20-12-8-7-9-13-20)33-26(23(21)31-5)34-14-10-11-19(17-34)16-32-18-28(2,3)4/h7-9,12-13,19,24,32H,6,10-11,14,16-18H2,1-4H3,(H2,30,35)/t19-,24?/m0/s1. The summed E-state index contributed by atoms with van der Waals surface area (Å²) in [5.74, 6) is 0.565. The molecule has 0 radical (unpaired) electrons. The number of primary amides is 1. The number of nitriles is 1. The Bertz CT molecular complexity index is 1150. The van der Waals surface area contributed by atoms with Gasteiger partial charge in [-0.3, -0.25) is 4.79 Å². The third-order valence-corrected chi connectivity index (χ3v) is 7.55. The third-order valence-electron chi connectivity index (χ3n) is 6.29. The molecule has 0 bridgehead atoms. The van der Waals surface area contributed by atoms with Crippen LogP contribution in [-0.4, -0.2) is 37.1 Å². The van der Waals surface area contributed by atoms with E-state index in [0.29, 0.717) is 40.0 Å². The van der Waals surface area contributed by atoms with Crippen molar-refractivity contribution in [3.8, 4) is 6.07 Å². The van der Waals surface area contributed by atoms with Crippen LogP contribution in [0.1, 0.15) is 62.5 Å². The van der Waals surface area contributed by atoms with Crippen molar-refractivity contribution in [2.24, 2.45) is 17.1 Å². The number of aromatic nitrogens is 1. The van der Waals surface area contributed by atoms with Crippen LogP contribution in [0.25, 0.3) is 4.85 Å². The van der Waals surface area contributed by atoms with Crippen LogP contribution in [0.5, 0.6) is 0 Å². The second-order valence-corrected chi connectivity index (χ2v) is 11.6. The number of pyridine rings is 1. The highest BCUT2D eigenvalue weighted by molar-refractivity contribution is 8.00. The highest BCUT2D eigenvalue weighted by atomic mass is 32.2. The number of amides is 1. The van der Waals surface area contributed by atoms with Crippen LogP contribution in [-0.2, 0) is 11.2 Å². The molecular formula is C28H36N6OS. The largest absolute Gasteiger partial charge is 0.368 e. The van der Waals surface area contributed by atoms with Gasteiger partial charge in [-0.25, -0.2) is 9.83 Å². The Hall–Kier alpha value is -3.07. The van der Waals surface area contributed by atoms with Crippen molar-refractivity contribution < 1.29 is 4.79 Å². The highest BCUT2D eigenvalue weighted by Crippen LogP contribution is 2.43. The summed E-state index contributed by atoms with van der Waals surface area (Å²) >= 11 is 1.20. The molecule has 36 heavy (non-hydrogen) atoms. The Morgan fingerprint density at radius 2 is 2.11 bits per heavy atom. The predicted molar refractivity (Wildman–Crippen MR) is 146 cm³/mol. The van der Waals surface area contributed by atoms with E-state index in [1.807, 2.05) is 37.3 Å². The SMILES string of the molecule is [C-]#[N+]c1c(N2CCC[C@@H](CNCC(C)(C)C)C2)nc(SC(C(N)=O)c2ccccc2)c(C#N)c1CC. The van der Waals surface area contributed by atoms with Crippen LogP contribution in [0.4, 0.5) is 11.5 Å². The molecule has 2 heterocycles. The smallest absolute Gasteiger partial charge is 0.235 e. The van der Waals surface area contributed by atoms with Crippen molar-refractivity contribution in [2.75, 3.05) is 31.1 Å². The highest BCUT2D eigenvalue weighted by Gasteiger charge is 2.29. The minimum atomic E-state index is -0.683. The second kappa shape index (κ2) is 12.3. The van der Waals surface area contributed by atoms with Gasteiger partial charge in [-0.15, -0.1) is 0 Å². The van der Waals surface area contributed by atoms with Crippen molar-refractivity contribution >= 4 is 29.2 Å². The first-order valence-corrected chi connectivity index (χ1v) is 13.4. The summed E-state index contributed by atoms with van der Waals surface area (Å²) < 4.78 is 0. The maximum absolute atomic E-state index is 12.4. The number of nitrogens with one attached hydrogen (secondary N) is 1. The maximum Gasteiger partial charge on any atom is 0.235 e. The molecule has 3 rings (SSSR count). The summed E-state index contributed by atoms with van der Waals surface area (Å²) in [6, 6.07) is 11.6. The van der Waals surface area contributed by atoms with Crippen molar-refractivity contribution in [1.29, 1.82) is 5.26 Å². The molecule has 0 saturated carbocycles. The summed E-state index contributed by atoms with van der Waals surface area (Å²) in [7, 11) is 0. The molecule has 3 N–H and O–H groups in total. The lowest BCUT2D eigenvalue weighted by molar-refractivity contribution is -0.117. The zero-order chi connectivity index (χ0) is 26.3. The molecule has 1 aromatic carbocycles. The Balaban J connectivity index is 1.97. The first-order valence-electron chi connectivity index (χ1n) is 12.5. The number of piperidine rings is 1. The number of carbonyl (C=O) groups is 1. The maximum atomic E-state index is 12.4. The molecular weight excluding hydrogens is 468 g/mol. The van der Waals surface area contributed by atoms with Gasteiger partial charge in [-0.1, -0.05) is 69.8 Å². The Morgan fingerprint density at radius 3 is 2.69 bits per heavy atom. The van der Waals surface area contributed by atoms with Gasteiger partial charge in [-0.05, 0) is 48.3 Å². The van der Waals surface area contributed by atoms with E-state index in [0.717, 1.165) is 44.6 Å². The Morgan fingerprint density at radius 1 is 1.39 bits per heavy atom. The molecule has 1 aliphatic heterocycles. The fourth-order valence-electron chi connectivity index (χ4n) is 4.58. The van der Waals surface area contributed by atoms with Crippen LogP contribution < -0.4 is 16.0 Å². The number of hydrogen-bond acceptors (Lipinski definition) is 6. The van der Waals surface area contributed by atoms with Gasteiger partial charge in [0, 0.05) is 19.6 Å². The van der Waals surface area contributed by atoms with E-state index < -0.39 is 11.2 Å². The van der Waals surface area contributed by atoms with Gasteiger partial charge < -0.3 is 16.0 Å². The zero-order valence-electron chi connectivity index (χ0n) is 21.7. The van der Waals surface area contributed by atoms with Crippen LogP contribution in [0.2, 0.25) is 0 Å². The first-order chi connectivity index (χ1) is 17.2. The zero-order valence-corrected chi connectivity index (χ0v) is 22.5. The average Bonchev–Trinajstić information content (AvgIpc) is 2.85. The fourth-order valence-corrected chi connectivity index (χ4v) is 5.63. The summed E-state index contributed by atoms with van der Waals surface area (Å²) in [5, 5.41) is 13.4. The second-order valence-electron chi connectivity index (χ2n) is 10.5. The van der Waals surface area contributed by atoms with E-state index in [4.69, 9.17) is 17.3 Å². The number of nitrogens with zero attached hydrogens (tertiary/aromatic N) is 4. The summed E-state index contributed by atoms with van der Waals surface area (Å²) in [6.07, 6.45) is 2.66. The van der Waals surface area contributed by atoms with Crippen molar-refractivity contribution in [2.45, 2.75) is 57.2 Å². The lowest BCUT2D eigenvalue weighted by Crippen LogP contribution is -2.41. The van der Waals surface area contributed by atoms with Gasteiger partial charge in [0.25, 0.3) is 0 Å². The van der Waals surface area contributed by atoms with Gasteiger partial charge in [0.2, 0.25) is 11.6 Å². The Kier molecular flexibility index (Phi) is 9.37. The van der Waals surface area contributed by atoms with Gasteiger partial charge in [-0.2, -0.15) is 5.26 Å². The molecule has 0 spiro atoms. The molecule has 7 nitrogen and oxygen atoms in total. The van der Waals surface area contributed by atoms with Gasteiger partial charge in [0.05, 0.1) is 12.1 Å². The van der Waals surface area contributed by atoms with E-state index >= 15 is 0 Å². The molecule has 1 unspecified atom stereocenters. The van der Waals surface area contributed by atoms with Crippen LogP contribution in [0, 0.1) is 29.2 Å². The molecule has 2 atom stereocenters. The number of nitrogens with two attached hydrogens (primary N) is 1. The molecule has 0 aliphatic carbocycles.